The molecule has 0 atom stereocenters. The summed E-state index contributed by atoms with van der Waals surface area (Å²) >= 11 is 0. The molecule has 46 heavy (non-hydrogen) atoms. The van der Waals surface area contributed by atoms with Crippen LogP contribution in [0.25, 0.3) is 0 Å². The highest BCUT2D eigenvalue weighted by molar-refractivity contribution is 5.86. The molecule has 0 aliphatic heterocycles. The molecule has 0 bridgehead atoms. The highest BCUT2D eigenvalue weighted by Gasteiger charge is 2.29. The Kier molecular flexibility index (Phi) is 20.9. The Morgan fingerprint density at radius 3 is 0.935 bits per heavy atom. The zero-order chi connectivity index (χ0) is 35.0. The molecule has 10 nitrogen and oxygen atoms in total. The van der Waals surface area contributed by atoms with Gasteiger partial charge in [-0.3, -0.25) is 0 Å². The average molecular weight is 634 g/mol. The molecule has 0 saturated carbocycles. The van der Waals surface area contributed by atoms with E-state index in [1.807, 2.05) is 54.6 Å². The van der Waals surface area contributed by atoms with Crippen LogP contribution in [0.3, 0.4) is 0 Å². The van der Waals surface area contributed by atoms with Gasteiger partial charge in [-0.2, -0.15) is 0 Å². The standard InChI is InChI=1S/3C10H14N.C6H8O7/c3*1-10(2)6-9-11-7-4-3-5-8-11;7-3(8)1-6(13,5(11)12)2-4(9)10/h3*3-8H,9H2,1-2H3;13H,1-2H2,(H,7,8)(H,9,10)(H,11,12)/q3*+1;/p-3. The number of carboxylic acids is 3. The predicted octanol–water partition coefficient (Wildman–Crippen LogP) is 0.568. The van der Waals surface area contributed by atoms with E-state index in [4.69, 9.17) is 5.11 Å². The molecule has 0 spiro atoms. The van der Waals surface area contributed by atoms with Crippen LogP contribution in [0.2, 0.25) is 0 Å². The summed E-state index contributed by atoms with van der Waals surface area (Å²) in [6.45, 7) is 15.6. The fraction of sp³-hybridized carbons (Fsp3) is 0.333. The van der Waals surface area contributed by atoms with Gasteiger partial charge < -0.3 is 34.8 Å². The van der Waals surface area contributed by atoms with Gasteiger partial charge in [-0.1, -0.05) is 34.9 Å². The molecular formula is C36H47N3O7. The lowest BCUT2D eigenvalue weighted by atomic mass is 9.96. The first-order chi connectivity index (χ1) is 21.6. The molecule has 10 heteroatoms. The van der Waals surface area contributed by atoms with Gasteiger partial charge in [-0.25, -0.2) is 13.7 Å². The maximum atomic E-state index is 10.1. The summed E-state index contributed by atoms with van der Waals surface area (Å²) in [5, 5.41) is 38.9. The van der Waals surface area contributed by atoms with Crippen molar-refractivity contribution in [2.45, 2.75) is 79.6 Å². The number of hydrogen-bond donors (Lipinski definition) is 1. The zero-order valence-electron chi connectivity index (χ0n) is 27.7. The SMILES string of the molecule is CC(C)=CC[n+]1ccccc1.CC(C)=CC[n+]1ccccc1.CC(C)=CC[n+]1ccccc1.O=C([O-])CC(O)(CC(=O)[O-])C(=O)[O-]. The van der Waals surface area contributed by atoms with Gasteiger partial charge in [0.25, 0.3) is 0 Å². The summed E-state index contributed by atoms with van der Waals surface area (Å²) in [5.74, 6) is -5.98. The second-order valence-corrected chi connectivity index (χ2v) is 11.0. The van der Waals surface area contributed by atoms with Gasteiger partial charge in [0.05, 0.1) is 5.97 Å². The number of aliphatic hydroxyl groups is 1. The third-order valence-electron chi connectivity index (χ3n) is 5.72. The minimum absolute atomic E-state index is 0.975. The maximum Gasteiger partial charge on any atom is 0.169 e. The number of allylic oxidation sites excluding steroid dienone is 6. The molecule has 0 aliphatic rings. The Balaban J connectivity index is 0.000000588. The number of aliphatic carboxylic acids is 3. The summed E-state index contributed by atoms with van der Waals surface area (Å²) in [6, 6.07) is 18.3. The van der Waals surface area contributed by atoms with Crippen LogP contribution in [0.5, 0.6) is 0 Å². The third kappa shape index (κ3) is 22.6. The molecule has 0 saturated heterocycles. The van der Waals surface area contributed by atoms with Crippen LogP contribution < -0.4 is 29.0 Å². The summed E-state index contributed by atoms with van der Waals surface area (Å²) in [6.07, 6.45) is 16.3. The van der Waals surface area contributed by atoms with E-state index in [1.54, 1.807) is 0 Å². The monoisotopic (exact) mass is 633 g/mol. The maximum absolute atomic E-state index is 10.1. The number of hydrogen-bond acceptors (Lipinski definition) is 7. The topological polar surface area (TPSA) is 152 Å². The lowest BCUT2D eigenvalue weighted by Gasteiger charge is -2.29. The molecule has 0 unspecified atom stereocenters. The van der Waals surface area contributed by atoms with Gasteiger partial charge in [0.2, 0.25) is 0 Å². The Bertz CT molecular complexity index is 1250. The molecule has 3 aromatic rings. The molecule has 0 radical (unpaired) electrons. The van der Waals surface area contributed by atoms with Crippen molar-refractivity contribution in [1.82, 2.24) is 0 Å². The van der Waals surface area contributed by atoms with E-state index in [0.717, 1.165) is 19.6 Å². The fourth-order valence-corrected chi connectivity index (χ4v) is 3.22. The van der Waals surface area contributed by atoms with Crippen LogP contribution >= 0.6 is 0 Å². The van der Waals surface area contributed by atoms with Crippen LogP contribution in [-0.4, -0.2) is 28.6 Å². The molecular weight excluding hydrogens is 586 g/mol. The van der Waals surface area contributed by atoms with Crippen molar-refractivity contribution in [3.05, 3.63) is 127 Å². The molecule has 3 heterocycles. The molecule has 0 amide bonds. The van der Waals surface area contributed by atoms with Crippen LogP contribution in [0.15, 0.2) is 127 Å². The number of carbonyl (C=O) groups is 3. The van der Waals surface area contributed by atoms with E-state index < -0.39 is 36.4 Å². The van der Waals surface area contributed by atoms with E-state index in [0.29, 0.717) is 0 Å². The smallest absolute Gasteiger partial charge is 0.169 e. The van der Waals surface area contributed by atoms with E-state index >= 15 is 0 Å². The Morgan fingerprint density at radius 2 is 0.761 bits per heavy atom. The molecule has 248 valence electrons. The normalized spacial score (nSPS) is 9.72. The van der Waals surface area contributed by atoms with Crippen molar-refractivity contribution in [1.29, 1.82) is 0 Å². The third-order valence-corrected chi connectivity index (χ3v) is 5.72. The summed E-state index contributed by atoms with van der Waals surface area (Å²) in [7, 11) is 0. The molecule has 3 aromatic heterocycles. The van der Waals surface area contributed by atoms with E-state index in [2.05, 4.69) is 111 Å². The first-order valence-corrected chi connectivity index (χ1v) is 14.7. The number of carboxylic acid groups (broad SMARTS) is 3. The largest absolute Gasteiger partial charge is 0.550 e. The number of carbonyl (C=O) groups excluding carboxylic acids is 3. The van der Waals surface area contributed by atoms with Gasteiger partial charge in [0, 0.05) is 61.2 Å². The number of rotatable bonds is 11. The number of nitrogens with zero attached hydrogens (tertiary/aromatic N) is 3. The first kappa shape index (κ1) is 41.0. The van der Waals surface area contributed by atoms with Crippen molar-refractivity contribution in [3.8, 4) is 0 Å². The van der Waals surface area contributed by atoms with Crippen LogP contribution in [0.4, 0.5) is 0 Å². The molecule has 0 fully saturated rings. The van der Waals surface area contributed by atoms with Crippen molar-refractivity contribution in [2.75, 3.05) is 0 Å². The second-order valence-electron chi connectivity index (χ2n) is 11.0. The predicted molar refractivity (Wildman–Crippen MR) is 167 cm³/mol. The summed E-state index contributed by atoms with van der Waals surface area (Å²) in [5.41, 5.74) is 1.11. The van der Waals surface area contributed by atoms with Gasteiger partial charge in [-0.05, 0) is 59.8 Å². The van der Waals surface area contributed by atoms with Crippen molar-refractivity contribution in [3.63, 3.8) is 0 Å². The van der Waals surface area contributed by atoms with E-state index in [1.165, 1.54) is 16.7 Å². The van der Waals surface area contributed by atoms with E-state index in [-0.39, 0.29) is 0 Å². The van der Waals surface area contributed by atoms with Crippen LogP contribution in [-0.2, 0) is 34.0 Å². The molecule has 0 aliphatic carbocycles. The zero-order valence-corrected chi connectivity index (χ0v) is 27.7. The quantitative estimate of drug-likeness (QED) is 0.239. The second kappa shape index (κ2) is 23.4. The van der Waals surface area contributed by atoms with Crippen LogP contribution in [0.1, 0.15) is 54.4 Å². The van der Waals surface area contributed by atoms with Crippen molar-refractivity contribution in [2.24, 2.45) is 0 Å². The highest BCUT2D eigenvalue weighted by Crippen LogP contribution is 2.13. The van der Waals surface area contributed by atoms with Crippen molar-refractivity contribution >= 4 is 17.9 Å². The highest BCUT2D eigenvalue weighted by atomic mass is 16.4. The molecule has 3 rings (SSSR count). The van der Waals surface area contributed by atoms with Gasteiger partial charge in [-0.15, -0.1) is 0 Å². The fourth-order valence-electron chi connectivity index (χ4n) is 3.22. The van der Waals surface area contributed by atoms with Gasteiger partial charge in [0.15, 0.2) is 56.8 Å². The summed E-state index contributed by atoms with van der Waals surface area (Å²) < 4.78 is 6.44. The lowest BCUT2D eigenvalue weighted by Crippen LogP contribution is -2.54. The Labute approximate surface area is 272 Å². The first-order valence-electron chi connectivity index (χ1n) is 14.7. The van der Waals surface area contributed by atoms with Gasteiger partial charge in [0.1, 0.15) is 5.60 Å². The Hall–Kier alpha value is -4.96. The minimum atomic E-state index is -2.97. The lowest BCUT2D eigenvalue weighted by molar-refractivity contribution is -0.687. The summed E-state index contributed by atoms with van der Waals surface area (Å²) in [4.78, 5) is 30.0. The van der Waals surface area contributed by atoms with Crippen molar-refractivity contribution < 1.29 is 48.5 Å². The number of pyridine rings is 3. The minimum Gasteiger partial charge on any atom is -0.550 e. The van der Waals surface area contributed by atoms with Crippen LogP contribution in [0, 0.1) is 0 Å². The number of aromatic nitrogens is 3. The van der Waals surface area contributed by atoms with E-state index in [9.17, 15) is 29.7 Å². The average Bonchev–Trinajstić information content (AvgIpc) is 2.99. The molecule has 0 aromatic carbocycles. The molecule has 1 N–H and O–H groups in total. The Morgan fingerprint density at radius 1 is 0.522 bits per heavy atom. The van der Waals surface area contributed by atoms with Gasteiger partial charge >= 0.3 is 0 Å².